The molecule has 10 heteroatoms. The van der Waals surface area contributed by atoms with Crippen LogP contribution in [0.5, 0.6) is 0 Å². The number of hydrogen-bond donors (Lipinski definition) is 4. The average Bonchev–Trinajstić information content (AvgIpc) is 2.88. The van der Waals surface area contributed by atoms with E-state index >= 15 is 0 Å². The van der Waals surface area contributed by atoms with Crippen LogP contribution in [-0.2, 0) is 21.3 Å². The van der Waals surface area contributed by atoms with Gasteiger partial charge >= 0.3 is 13.2 Å². The zero-order valence-electron chi connectivity index (χ0n) is 12.3. The SMILES string of the molecule is O=C(O)Nc1ccc(S(=O)(=O)Nc2ccc3c(c2)B(O)OC3)cc1. The summed E-state index contributed by atoms with van der Waals surface area (Å²) < 4.78 is 32.2. The van der Waals surface area contributed by atoms with Gasteiger partial charge in [-0.3, -0.25) is 10.0 Å². The number of sulfonamides is 1. The van der Waals surface area contributed by atoms with Gasteiger partial charge in [0.1, 0.15) is 0 Å². The fourth-order valence-corrected chi connectivity index (χ4v) is 3.38. The zero-order valence-corrected chi connectivity index (χ0v) is 13.1. The first kappa shape index (κ1) is 16.3. The van der Waals surface area contributed by atoms with Crippen molar-refractivity contribution in [1.29, 1.82) is 0 Å². The molecule has 8 nitrogen and oxygen atoms in total. The molecule has 1 amide bonds. The third-order valence-corrected chi connectivity index (χ3v) is 4.87. The highest BCUT2D eigenvalue weighted by atomic mass is 32.2. The first-order valence-corrected chi connectivity index (χ1v) is 8.39. The van der Waals surface area contributed by atoms with Crippen LogP contribution >= 0.6 is 0 Å². The second-order valence-corrected chi connectivity index (χ2v) is 6.82. The van der Waals surface area contributed by atoms with E-state index in [-0.39, 0.29) is 17.2 Å². The van der Waals surface area contributed by atoms with E-state index in [0.29, 0.717) is 11.2 Å². The third-order valence-electron chi connectivity index (χ3n) is 3.48. The Kier molecular flexibility index (Phi) is 4.18. The lowest BCUT2D eigenvalue weighted by Gasteiger charge is -2.10. The van der Waals surface area contributed by atoms with E-state index in [1.54, 1.807) is 12.1 Å². The molecule has 3 rings (SSSR count). The Morgan fingerprint density at radius 2 is 1.79 bits per heavy atom. The molecule has 1 aliphatic rings. The average molecular weight is 348 g/mol. The summed E-state index contributed by atoms with van der Waals surface area (Å²) in [5.74, 6) is 0. The second kappa shape index (κ2) is 6.15. The van der Waals surface area contributed by atoms with Crippen molar-refractivity contribution in [1.82, 2.24) is 0 Å². The van der Waals surface area contributed by atoms with Crippen molar-refractivity contribution < 1.29 is 28.0 Å². The number of fused-ring (bicyclic) bond motifs is 1. The summed E-state index contributed by atoms with van der Waals surface area (Å²) in [7, 11) is -4.91. The van der Waals surface area contributed by atoms with E-state index in [9.17, 15) is 18.2 Å². The van der Waals surface area contributed by atoms with Crippen LogP contribution < -0.4 is 15.5 Å². The Labute approximate surface area is 138 Å². The first-order valence-electron chi connectivity index (χ1n) is 6.90. The molecule has 0 fully saturated rings. The van der Waals surface area contributed by atoms with Gasteiger partial charge in [-0.05, 0) is 47.4 Å². The summed E-state index contributed by atoms with van der Waals surface area (Å²) in [4.78, 5) is 10.5. The minimum atomic E-state index is -3.84. The van der Waals surface area contributed by atoms with Crippen molar-refractivity contribution >= 4 is 40.1 Å². The van der Waals surface area contributed by atoms with Crippen LogP contribution in [0.3, 0.4) is 0 Å². The molecule has 124 valence electrons. The number of carboxylic acid groups (broad SMARTS) is 1. The van der Waals surface area contributed by atoms with Crippen LogP contribution in [0.1, 0.15) is 5.56 Å². The van der Waals surface area contributed by atoms with Gasteiger partial charge in [0, 0.05) is 11.4 Å². The molecule has 0 bridgehead atoms. The van der Waals surface area contributed by atoms with Gasteiger partial charge in [0.05, 0.1) is 11.5 Å². The van der Waals surface area contributed by atoms with Gasteiger partial charge in [-0.2, -0.15) is 0 Å². The number of carbonyl (C=O) groups is 1. The van der Waals surface area contributed by atoms with Crippen LogP contribution in [0.4, 0.5) is 16.2 Å². The lowest BCUT2D eigenvalue weighted by molar-refractivity contribution is 0.209. The Hall–Kier alpha value is -2.56. The van der Waals surface area contributed by atoms with Crippen LogP contribution in [0.25, 0.3) is 0 Å². The largest absolute Gasteiger partial charge is 0.491 e. The first-order chi connectivity index (χ1) is 11.3. The van der Waals surface area contributed by atoms with E-state index in [2.05, 4.69) is 10.0 Å². The summed E-state index contributed by atoms with van der Waals surface area (Å²) >= 11 is 0. The molecule has 0 unspecified atom stereocenters. The Bertz CT molecular complexity index is 885. The van der Waals surface area contributed by atoms with E-state index in [1.807, 2.05) is 0 Å². The maximum Gasteiger partial charge on any atom is 0.491 e. The monoisotopic (exact) mass is 348 g/mol. The molecule has 0 spiro atoms. The van der Waals surface area contributed by atoms with Crippen LogP contribution in [0, 0.1) is 0 Å². The van der Waals surface area contributed by atoms with Gasteiger partial charge in [-0.15, -0.1) is 0 Å². The molecular formula is C14H13BN2O6S. The molecule has 0 saturated carbocycles. The van der Waals surface area contributed by atoms with Crippen molar-refractivity contribution in [3.8, 4) is 0 Å². The van der Waals surface area contributed by atoms with E-state index in [0.717, 1.165) is 5.56 Å². The summed E-state index contributed by atoms with van der Waals surface area (Å²) in [6.45, 7) is 0.279. The lowest BCUT2D eigenvalue weighted by atomic mass is 9.79. The topological polar surface area (TPSA) is 125 Å². The third kappa shape index (κ3) is 3.35. The highest BCUT2D eigenvalue weighted by molar-refractivity contribution is 7.92. The molecule has 0 aliphatic carbocycles. The molecule has 4 N–H and O–H groups in total. The Morgan fingerprint density at radius 1 is 1.12 bits per heavy atom. The van der Waals surface area contributed by atoms with E-state index < -0.39 is 23.2 Å². The van der Waals surface area contributed by atoms with E-state index in [1.165, 1.54) is 30.3 Å². The summed E-state index contributed by atoms with van der Waals surface area (Å²) in [6, 6.07) is 10.1. The Morgan fingerprint density at radius 3 is 2.46 bits per heavy atom. The maximum absolute atomic E-state index is 12.4. The van der Waals surface area contributed by atoms with Gasteiger partial charge in [0.2, 0.25) is 0 Å². The number of anilines is 2. The van der Waals surface area contributed by atoms with E-state index in [4.69, 9.17) is 9.76 Å². The normalized spacial score (nSPS) is 13.5. The number of hydrogen-bond acceptors (Lipinski definition) is 5. The van der Waals surface area contributed by atoms with Gasteiger partial charge in [0.15, 0.2) is 0 Å². The quantitative estimate of drug-likeness (QED) is 0.606. The minimum absolute atomic E-state index is 0.0178. The molecule has 2 aromatic rings. The fourth-order valence-electron chi connectivity index (χ4n) is 2.33. The second-order valence-electron chi connectivity index (χ2n) is 5.14. The van der Waals surface area contributed by atoms with Gasteiger partial charge in [-0.1, -0.05) is 6.07 Å². The summed E-state index contributed by atoms with van der Waals surface area (Å²) in [5.41, 5.74) is 1.89. The fraction of sp³-hybridized carbons (Fsp3) is 0.0714. The highest BCUT2D eigenvalue weighted by Crippen LogP contribution is 2.20. The van der Waals surface area contributed by atoms with Gasteiger partial charge < -0.3 is 14.8 Å². The van der Waals surface area contributed by atoms with Crippen LogP contribution in [-0.4, -0.2) is 31.8 Å². The van der Waals surface area contributed by atoms with Crippen molar-refractivity contribution in [2.75, 3.05) is 10.0 Å². The molecule has 0 saturated heterocycles. The standard InChI is InChI=1S/C14H13BN2O6S/c18-14(19)16-10-3-5-12(6-4-10)24(21,22)17-11-2-1-9-8-23-15(20)13(9)7-11/h1-7,16-17,20H,8H2,(H,18,19). The Balaban J connectivity index is 1.81. The molecule has 0 radical (unpaired) electrons. The highest BCUT2D eigenvalue weighted by Gasteiger charge is 2.27. The van der Waals surface area contributed by atoms with Crippen molar-refractivity contribution in [2.45, 2.75) is 11.5 Å². The number of benzene rings is 2. The van der Waals surface area contributed by atoms with Crippen LogP contribution in [0.2, 0.25) is 0 Å². The predicted octanol–water partition coefficient (Wildman–Crippen LogP) is 0.795. The molecule has 2 aromatic carbocycles. The minimum Gasteiger partial charge on any atom is -0.465 e. The number of rotatable bonds is 4. The van der Waals surface area contributed by atoms with Crippen molar-refractivity contribution in [3.05, 3.63) is 48.0 Å². The zero-order chi connectivity index (χ0) is 17.3. The molecule has 1 aliphatic heterocycles. The summed E-state index contributed by atoms with van der Waals surface area (Å²) in [6.07, 6.45) is -1.23. The van der Waals surface area contributed by atoms with Crippen molar-refractivity contribution in [2.24, 2.45) is 0 Å². The van der Waals surface area contributed by atoms with Crippen molar-refractivity contribution in [3.63, 3.8) is 0 Å². The lowest BCUT2D eigenvalue weighted by Crippen LogP contribution is -2.28. The van der Waals surface area contributed by atoms with Crippen LogP contribution in [0.15, 0.2) is 47.4 Å². The molecule has 0 aromatic heterocycles. The molecule has 24 heavy (non-hydrogen) atoms. The van der Waals surface area contributed by atoms with Gasteiger partial charge in [-0.25, -0.2) is 13.2 Å². The smallest absolute Gasteiger partial charge is 0.465 e. The molecular weight excluding hydrogens is 335 g/mol. The molecule has 0 atom stereocenters. The summed E-state index contributed by atoms with van der Waals surface area (Å²) in [5, 5.41) is 20.4. The van der Waals surface area contributed by atoms with Gasteiger partial charge in [0.25, 0.3) is 10.0 Å². The predicted molar refractivity (Wildman–Crippen MR) is 87.7 cm³/mol. The number of nitrogens with one attached hydrogen (secondary N) is 2. The maximum atomic E-state index is 12.4. The molecule has 1 heterocycles. The number of amides is 1.